The molecule has 19 heavy (non-hydrogen) atoms. The zero-order valence-corrected chi connectivity index (χ0v) is 10.4. The van der Waals surface area contributed by atoms with Crippen LogP contribution in [0.3, 0.4) is 0 Å². The van der Waals surface area contributed by atoms with E-state index in [4.69, 9.17) is 10.5 Å². The van der Waals surface area contributed by atoms with Crippen LogP contribution in [0.25, 0.3) is 0 Å². The molecule has 0 aromatic heterocycles. The highest BCUT2D eigenvalue weighted by atomic mass is 16.5. The molecule has 1 amide bonds. The molecule has 0 radical (unpaired) electrons. The summed E-state index contributed by atoms with van der Waals surface area (Å²) in [5, 5.41) is 5.75. The number of amides is 1. The lowest BCUT2D eigenvalue weighted by atomic mass is 10.1. The van der Waals surface area contributed by atoms with E-state index < -0.39 is 11.9 Å². The first-order valence-corrected chi connectivity index (χ1v) is 6.03. The van der Waals surface area contributed by atoms with Gasteiger partial charge in [-0.05, 0) is 5.56 Å². The summed E-state index contributed by atoms with van der Waals surface area (Å²) in [5.41, 5.74) is 6.05. The number of hydrogen-bond donors (Lipinski definition) is 1. The molecule has 1 aliphatic rings. The van der Waals surface area contributed by atoms with E-state index in [1.807, 2.05) is 6.07 Å². The Labute approximate surface area is 110 Å². The fourth-order valence-corrected chi connectivity index (χ4v) is 2.07. The van der Waals surface area contributed by atoms with Crippen LogP contribution in [0.2, 0.25) is 0 Å². The molecule has 7 heteroatoms. The summed E-state index contributed by atoms with van der Waals surface area (Å²) < 4.78 is 5.21. The number of benzene rings is 1. The van der Waals surface area contributed by atoms with Gasteiger partial charge in [0.05, 0.1) is 18.5 Å². The van der Waals surface area contributed by atoms with Gasteiger partial charge in [0.15, 0.2) is 6.04 Å². The molecule has 0 spiro atoms. The Balaban J connectivity index is 2.25. The van der Waals surface area contributed by atoms with Crippen LogP contribution in [-0.4, -0.2) is 42.3 Å². The van der Waals surface area contributed by atoms with Crippen molar-refractivity contribution in [2.75, 3.05) is 26.3 Å². The van der Waals surface area contributed by atoms with Crippen LogP contribution in [0.5, 0.6) is 0 Å². The molecule has 1 aliphatic heterocycles. The average Bonchev–Trinajstić information content (AvgIpc) is 2.46. The topological polar surface area (TPSA) is 88.2 Å². The van der Waals surface area contributed by atoms with Gasteiger partial charge in [-0.3, -0.25) is 4.79 Å². The molecule has 7 nitrogen and oxygen atoms in total. The van der Waals surface area contributed by atoms with Gasteiger partial charge < -0.3 is 10.5 Å². The van der Waals surface area contributed by atoms with Crippen molar-refractivity contribution >= 4 is 5.91 Å². The minimum atomic E-state index is -0.892. The first kappa shape index (κ1) is 13.4. The molecule has 0 aliphatic carbocycles. The third kappa shape index (κ3) is 3.07. The van der Waals surface area contributed by atoms with Crippen LogP contribution in [0.1, 0.15) is 11.6 Å². The van der Waals surface area contributed by atoms with Gasteiger partial charge in [0.1, 0.15) is 0 Å². The molecule has 2 N–H and O–H groups in total. The molecule has 2 rings (SSSR count). The van der Waals surface area contributed by atoms with Gasteiger partial charge in [-0.2, -0.15) is 10.1 Å². The highest BCUT2D eigenvalue weighted by molar-refractivity contribution is 5.81. The second-order valence-electron chi connectivity index (χ2n) is 4.18. The van der Waals surface area contributed by atoms with Crippen LogP contribution < -0.4 is 5.73 Å². The molecule has 1 saturated heterocycles. The Bertz CT molecular complexity index is 434. The number of carbonyl (C=O) groups is 1. The normalized spacial score (nSPS) is 17.7. The zero-order valence-electron chi connectivity index (χ0n) is 10.4. The first-order valence-electron chi connectivity index (χ1n) is 6.03. The van der Waals surface area contributed by atoms with Crippen molar-refractivity contribution in [3.05, 3.63) is 40.8 Å². The molecule has 1 heterocycles. The number of morpholine rings is 1. The van der Waals surface area contributed by atoms with E-state index in [9.17, 15) is 9.70 Å². The monoisotopic (exact) mass is 264 g/mol. The van der Waals surface area contributed by atoms with Crippen molar-refractivity contribution in [1.29, 1.82) is 0 Å². The summed E-state index contributed by atoms with van der Waals surface area (Å²) in [4.78, 5) is 22.8. The summed E-state index contributed by atoms with van der Waals surface area (Å²) in [7, 11) is 0. The number of hydrogen-bond acceptors (Lipinski definition) is 5. The Morgan fingerprint density at radius 3 is 2.47 bits per heavy atom. The lowest BCUT2D eigenvalue weighted by Gasteiger charge is -2.36. The average molecular weight is 264 g/mol. The lowest BCUT2D eigenvalue weighted by molar-refractivity contribution is -0.144. The minimum absolute atomic E-state index is 0.492. The Morgan fingerprint density at radius 2 is 1.95 bits per heavy atom. The molecule has 1 unspecified atom stereocenters. The fourth-order valence-electron chi connectivity index (χ4n) is 2.07. The van der Waals surface area contributed by atoms with E-state index in [0.29, 0.717) is 31.9 Å². The number of ether oxygens (including phenoxy) is 1. The lowest BCUT2D eigenvalue weighted by Crippen LogP contribution is -2.50. The molecular weight excluding hydrogens is 248 g/mol. The molecule has 102 valence electrons. The summed E-state index contributed by atoms with van der Waals surface area (Å²) >= 11 is 0. The highest BCUT2D eigenvalue weighted by Crippen LogP contribution is 2.23. The van der Waals surface area contributed by atoms with Crippen molar-refractivity contribution in [2.45, 2.75) is 6.04 Å². The summed E-state index contributed by atoms with van der Waals surface area (Å²) in [6.45, 7) is 1.99. The SMILES string of the molecule is NC(=O)C(c1ccccc1)N(N=O)N1CCOCC1. The summed E-state index contributed by atoms with van der Waals surface area (Å²) in [6, 6.07) is 8.00. The molecule has 0 bridgehead atoms. The van der Waals surface area contributed by atoms with Crippen LogP contribution in [-0.2, 0) is 9.53 Å². The third-order valence-corrected chi connectivity index (χ3v) is 2.98. The van der Waals surface area contributed by atoms with Crippen LogP contribution in [0, 0.1) is 4.91 Å². The number of nitroso groups, excluding NO2 is 1. The standard InChI is InChI=1S/C12H16N4O3/c13-12(17)11(10-4-2-1-3-5-10)16(14-18)15-6-8-19-9-7-15/h1-5,11H,6-9H2,(H2,13,17). The zero-order chi connectivity index (χ0) is 13.7. The second-order valence-corrected chi connectivity index (χ2v) is 4.18. The van der Waals surface area contributed by atoms with Crippen LogP contribution >= 0.6 is 0 Å². The first-order chi connectivity index (χ1) is 9.24. The second kappa shape index (κ2) is 6.26. The van der Waals surface area contributed by atoms with Gasteiger partial charge in [-0.1, -0.05) is 30.3 Å². The van der Waals surface area contributed by atoms with Crippen molar-refractivity contribution < 1.29 is 9.53 Å². The number of primary amides is 1. The van der Waals surface area contributed by atoms with Gasteiger partial charge in [0.2, 0.25) is 5.91 Å². The van der Waals surface area contributed by atoms with Gasteiger partial charge in [0, 0.05) is 13.1 Å². The number of nitrogens with zero attached hydrogens (tertiary/aromatic N) is 3. The van der Waals surface area contributed by atoms with Crippen molar-refractivity contribution in [3.8, 4) is 0 Å². The molecule has 1 aromatic rings. The predicted octanol–water partition coefficient (Wildman–Crippen LogP) is 0.444. The fraction of sp³-hybridized carbons (Fsp3) is 0.417. The highest BCUT2D eigenvalue weighted by Gasteiger charge is 2.31. The van der Waals surface area contributed by atoms with E-state index in [2.05, 4.69) is 5.29 Å². The molecule has 1 fully saturated rings. The molecule has 1 aromatic carbocycles. The van der Waals surface area contributed by atoms with Crippen molar-refractivity contribution in [1.82, 2.24) is 10.1 Å². The quantitative estimate of drug-likeness (QED) is 0.616. The van der Waals surface area contributed by atoms with E-state index in [1.54, 1.807) is 29.3 Å². The van der Waals surface area contributed by atoms with Crippen LogP contribution in [0.4, 0.5) is 0 Å². The van der Waals surface area contributed by atoms with Gasteiger partial charge >= 0.3 is 0 Å². The van der Waals surface area contributed by atoms with E-state index in [0.717, 1.165) is 5.12 Å². The predicted molar refractivity (Wildman–Crippen MR) is 68.4 cm³/mol. The van der Waals surface area contributed by atoms with E-state index in [1.165, 1.54) is 0 Å². The molecule has 0 saturated carbocycles. The summed E-state index contributed by atoms with van der Waals surface area (Å²) in [5.74, 6) is -0.614. The Hall–Kier alpha value is -1.99. The summed E-state index contributed by atoms with van der Waals surface area (Å²) in [6.07, 6.45) is 0. The maximum Gasteiger partial charge on any atom is 0.248 e. The number of rotatable bonds is 5. The molecule has 1 atom stereocenters. The smallest absolute Gasteiger partial charge is 0.248 e. The van der Waals surface area contributed by atoms with Gasteiger partial charge in [0.25, 0.3) is 0 Å². The third-order valence-electron chi connectivity index (χ3n) is 2.98. The maximum absolute atomic E-state index is 11.7. The number of nitrogens with two attached hydrogens (primary N) is 1. The number of carbonyl (C=O) groups excluding carboxylic acids is 1. The van der Waals surface area contributed by atoms with Crippen molar-refractivity contribution in [3.63, 3.8) is 0 Å². The molecular formula is C12H16N4O3. The van der Waals surface area contributed by atoms with E-state index in [-0.39, 0.29) is 0 Å². The minimum Gasteiger partial charge on any atom is -0.379 e. The number of hydrazine groups is 1. The largest absolute Gasteiger partial charge is 0.379 e. The van der Waals surface area contributed by atoms with Gasteiger partial charge in [-0.25, -0.2) is 0 Å². The van der Waals surface area contributed by atoms with Crippen molar-refractivity contribution in [2.24, 2.45) is 11.0 Å². The Morgan fingerprint density at radius 1 is 1.32 bits per heavy atom. The van der Waals surface area contributed by atoms with Gasteiger partial charge in [-0.15, -0.1) is 4.91 Å². The van der Waals surface area contributed by atoms with Crippen LogP contribution in [0.15, 0.2) is 35.6 Å². The van der Waals surface area contributed by atoms with E-state index >= 15 is 0 Å². The Kier molecular flexibility index (Phi) is 4.43. The maximum atomic E-state index is 11.7.